The summed E-state index contributed by atoms with van der Waals surface area (Å²) in [6.07, 6.45) is 6.13. The maximum Gasteiger partial charge on any atom is 0.252 e. The average molecular weight is 512 g/mol. The number of hydrogen-bond acceptors (Lipinski definition) is 5. The van der Waals surface area contributed by atoms with Crippen molar-refractivity contribution in [3.05, 3.63) is 52.0 Å². The highest BCUT2D eigenvalue weighted by Gasteiger charge is 2.22. The normalized spacial score (nSPS) is 12.2. The van der Waals surface area contributed by atoms with Gasteiger partial charge in [-0.25, -0.2) is 4.98 Å². The Labute approximate surface area is 219 Å². The second-order valence-electron chi connectivity index (χ2n) is 9.24. The first-order valence-electron chi connectivity index (χ1n) is 13.3. The first-order valence-corrected chi connectivity index (χ1v) is 14.2. The molecule has 2 aromatic heterocycles. The van der Waals surface area contributed by atoms with Crippen molar-refractivity contribution >= 4 is 34.2 Å². The summed E-state index contributed by atoms with van der Waals surface area (Å²) in [5, 5.41) is 11.1. The summed E-state index contributed by atoms with van der Waals surface area (Å²) in [7, 11) is 1.92. The van der Waals surface area contributed by atoms with Crippen molar-refractivity contribution in [2.75, 3.05) is 20.1 Å². The van der Waals surface area contributed by atoms with E-state index in [-0.39, 0.29) is 11.8 Å². The molecular formula is C28H41N5O2S. The van der Waals surface area contributed by atoms with Gasteiger partial charge >= 0.3 is 0 Å². The van der Waals surface area contributed by atoms with Crippen LogP contribution in [0.2, 0.25) is 0 Å². The van der Waals surface area contributed by atoms with Crippen LogP contribution in [0.4, 0.5) is 0 Å². The van der Waals surface area contributed by atoms with Gasteiger partial charge in [-0.1, -0.05) is 33.3 Å². The Bertz CT molecular complexity index is 1100. The minimum Gasteiger partial charge on any atom is -0.354 e. The van der Waals surface area contributed by atoms with Gasteiger partial charge in [-0.15, -0.1) is 11.3 Å². The van der Waals surface area contributed by atoms with E-state index in [4.69, 9.17) is 4.98 Å². The van der Waals surface area contributed by atoms with Gasteiger partial charge in [0.1, 0.15) is 11.9 Å². The van der Waals surface area contributed by atoms with Crippen molar-refractivity contribution in [1.82, 2.24) is 25.5 Å². The number of aromatic nitrogens is 2. The number of unbranched alkanes of at least 4 members (excludes halogenated alkanes) is 1. The molecule has 36 heavy (non-hydrogen) atoms. The molecule has 0 aliphatic carbocycles. The van der Waals surface area contributed by atoms with E-state index in [1.165, 1.54) is 4.88 Å². The maximum atomic E-state index is 13.2. The number of carbonyl (C=O) groups is 2. The lowest BCUT2D eigenvalue weighted by Crippen LogP contribution is -2.46. The second kappa shape index (κ2) is 14.1. The molecule has 1 unspecified atom stereocenters. The molecule has 0 radical (unpaired) electrons. The molecule has 1 aromatic carbocycles. The van der Waals surface area contributed by atoms with Crippen molar-refractivity contribution in [3.8, 4) is 0 Å². The lowest BCUT2D eigenvalue weighted by atomic mass is 10.1. The minimum absolute atomic E-state index is 0.119. The van der Waals surface area contributed by atoms with Crippen LogP contribution in [0.1, 0.15) is 86.4 Å². The van der Waals surface area contributed by atoms with Gasteiger partial charge in [0.15, 0.2) is 0 Å². The number of rotatable bonds is 15. The Balaban J connectivity index is 1.79. The molecule has 0 spiro atoms. The van der Waals surface area contributed by atoms with Gasteiger partial charge in [0, 0.05) is 29.4 Å². The molecule has 0 aliphatic heterocycles. The van der Waals surface area contributed by atoms with Gasteiger partial charge in [-0.3, -0.25) is 9.59 Å². The molecule has 0 aliphatic rings. The molecule has 7 nitrogen and oxygen atoms in total. The predicted octanol–water partition coefficient (Wildman–Crippen LogP) is 5.06. The number of thiophene rings is 1. The molecule has 2 heterocycles. The van der Waals surface area contributed by atoms with Crippen LogP contribution in [-0.4, -0.2) is 47.5 Å². The van der Waals surface area contributed by atoms with Gasteiger partial charge in [0.2, 0.25) is 5.91 Å². The van der Waals surface area contributed by atoms with E-state index in [0.29, 0.717) is 24.6 Å². The van der Waals surface area contributed by atoms with Crippen LogP contribution >= 0.6 is 11.3 Å². The zero-order valence-electron chi connectivity index (χ0n) is 22.1. The van der Waals surface area contributed by atoms with Crippen molar-refractivity contribution in [3.63, 3.8) is 0 Å². The number of nitrogens with one attached hydrogen (secondary N) is 3. The van der Waals surface area contributed by atoms with E-state index in [1.807, 2.05) is 32.2 Å². The van der Waals surface area contributed by atoms with Crippen molar-refractivity contribution in [1.29, 1.82) is 0 Å². The molecular weight excluding hydrogens is 470 g/mol. The van der Waals surface area contributed by atoms with E-state index < -0.39 is 6.04 Å². The fourth-order valence-electron chi connectivity index (χ4n) is 4.61. The predicted molar refractivity (Wildman–Crippen MR) is 149 cm³/mol. The highest BCUT2D eigenvalue weighted by atomic mass is 32.1. The Morgan fingerprint density at radius 3 is 2.53 bits per heavy atom. The maximum absolute atomic E-state index is 13.2. The van der Waals surface area contributed by atoms with Crippen molar-refractivity contribution in [2.24, 2.45) is 0 Å². The van der Waals surface area contributed by atoms with Crippen LogP contribution in [0.25, 0.3) is 11.0 Å². The van der Waals surface area contributed by atoms with E-state index in [0.717, 1.165) is 61.9 Å². The highest BCUT2D eigenvalue weighted by molar-refractivity contribution is 7.09. The number of fused-ring (bicyclic) bond motifs is 1. The fraction of sp³-hybridized carbons (Fsp3) is 0.536. The van der Waals surface area contributed by atoms with E-state index >= 15 is 0 Å². The summed E-state index contributed by atoms with van der Waals surface area (Å²) >= 11 is 1.74. The van der Waals surface area contributed by atoms with E-state index in [9.17, 15) is 9.59 Å². The Morgan fingerprint density at radius 1 is 1.08 bits per heavy atom. The molecule has 0 saturated heterocycles. The minimum atomic E-state index is -0.543. The quantitative estimate of drug-likeness (QED) is 0.249. The third-order valence-corrected chi connectivity index (χ3v) is 7.47. The van der Waals surface area contributed by atoms with Gasteiger partial charge in [-0.05, 0) is 75.3 Å². The SMILES string of the molecule is CCCC(NC(=O)c1ccc2c(c1)nc(Cc1cccs1)n2C(CC)CC)C(=O)NCCCCNC. The lowest BCUT2D eigenvalue weighted by Gasteiger charge is -2.19. The smallest absolute Gasteiger partial charge is 0.252 e. The van der Waals surface area contributed by atoms with Gasteiger partial charge in [0.05, 0.1) is 11.0 Å². The zero-order chi connectivity index (χ0) is 25.9. The average Bonchev–Trinajstić information content (AvgIpc) is 3.52. The lowest BCUT2D eigenvalue weighted by molar-refractivity contribution is -0.123. The number of benzene rings is 1. The van der Waals surface area contributed by atoms with E-state index in [1.54, 1.807) is 11.3 Å². The van der Waals surface area contributed by atoms with Crippen LogP contribution in [0, 0.1) is 0 Å². The summed E-state index contributed by atoms with van der Waals surface area (Å²) in [6.45, 7) is 7.97. The number of hydrogen-bond donors (Lipinski definition) is 3. The third kappa shape index (κ3) is 7.17. The van der Waals surface area contributed by atoms with Crippen LogP contribution in [0.15, 0.2) is 35.7 Å². The van der Waals surface area contributed by atoms with E-state index in [2.05, 4.69) is 51.9 Å². The molecule has 1 atom stereocenters. The zero-order valence-corrected chi connectivity index (χ0v) is 22.9. The van der Waals surface area contributed by atoms with Crippen LogP contribution in [-0.2, 0) is 11.2 Å². The monoisotopic (exact) mass is 511 g/mol. The number of carbonyl (C=O) groups excluding carboxylic acids is 2. The summed E-state index contributed by atoms with van der Waals surface area (Å²) in [4.78, 5) is 32.1. The Morgan fingerprint density at radius 2 is 1.86 bits per heavy atom. The second-order valence-corrected chi connectivity index (χ2v) is 10.3. The first kappa shape index (κ1) is 27.9. The molecule has 196 valence electrons. The fourth-order valence-corrected chi connectivity index (χ4v) is 5.31. The number of nitrogens with zero attached hydrogens (tertiary/aromatic N) is 2. The number of imidazole rings is 1. The largest absolute Gasteiger partial charge is 0.354 e. The Hall–Kier alpha value is -2.71. The molecule has 0 bridgehead atoms. The molecule has 0 saturated carbocycles. The first-order chi connectivity index (χ1) is 17.5. The standard InChI is InChI=1S/C28H41N5O2S/c1-5-11-23(28(35)30-16-9-8-15-29-4)32-27(34)20-13-14-25-24(18-20)31-26(19-22-12-10-17-36-22)33(25)21(6-2)7-3/h10,12-14,17-18,21,23,29H,5-9,11,15-16,19H2,1-4H3,(H,30,35)(H,32,34). The molecule has 2 amide bonds. The third-order valence-electron chi connectivity index (χ3n) is 6.60. The molecule has 3 N–H and O–H groups in total. The molecule has 0 fully saturated rings. The van der Waals surface area contributed by atoms with Crippen LogP contribution < -0.4 is 16.0 Å². The van der Waals surface area contributed by atoms with Crippen LogP contribution in [0.5, 0.6) is 0 Å². The van der Waals surface area contributed by atoms with Gasteiger partial charge in [-0.2, -0.15) is 0 Å². The summed E-state index contributed by atoms with van der Waals surface area (Å²) in [6, 6.07) is 9.74. The van der Waals surface area contributed by atoms with Crippen molar-refractivity contribution < 1.29 is 9.59 Å². The molecule has 3 aromatic rings. The van der Waals surface area contributed by atoms with Crippen molar-refractivity contribution in [2.45, 2.75) is 77.8 Å². The van der Waals surface area contributed by atoms with Crippen LogP contribution in [0.3, 0.4) is 0 Å². The number of amides is 2. The molecule has 8 heteroatoms. The summed E-state index contributed by atoms with van der Waals surface area (Å²) < 4.78 is 2.35. The Kier molecular flexibility index (Phi) is 10.9. The topological polar surface area (TPSA) is 88.0 Å². The molecule has 3 rings (SSSR count). The van der Waals surface area contributed by atoms with Gasteiger partial charge in [0.25, 0.3) is 5.91 Å². The highest BCUT2D eigenvalue weighted by Crippen LogP contribution is 2.28. The van der Waals surface area contributed by atoms with Gasteiger partial charge < -0.3 is 20.5 Å². The summed E-state index contributed by atoms with van der Waals surface area (Å²) in [5.41, 5.74) is 2.40. The summed E-state index contributed by atoms with van der Waals surface area (Å²) in [5.74, 6) is 0.671.